The van der Waals surface area contributed by atoms with Crippen molar-refractivity contribution in [1.82, 2.24) is 4.90 Å². The number of aliphatic hydroxyl groups is 2. The molecule has 2 N–H and O–H groups in total. The van der Waals surface area contributed by atoms with Gasteiger partial charge in [-0.2, -0.15) is 0 Å². The Labute approximate surface area is 413 Å². The highest BCUT2D eigenvalue weighted by Gasteiger charge is 2.65. The zero-order chi connectivity index (χ0) is 48.5. The van der Waals surface area contributed by atoms with Crippen molar-refractivity contribution in [1.29, 1.82) is 0 Å². The Hall–Kier alpha value is -6.24. The average Bonchev–Trinajstić information content (AvgIpc) is 3.39. The molecular formula is C59H68N2O9. The minimum absolute atomic E-state index is 0.0485. The topological polar surface area (TPSA) is 129 Å². The number of allylic oxidation sites excluding steroid dienone is 1. The second-order valence-corrected chi connectivity index (χ2v) is 18.4. The molecule has 6 atom stereocenters. The molecule has 0 spiro atoms. The lowest BCUT2D eigenvalue weighted by molar-refractivity contribution is -0.255. The molecule has 70 heavy (non-hydrogen) atoms. The van der Waals surface area contributed by atoms with Gasteiger partial charge in [-0.25, -0.2) is 4.79 Å². The molecule has 5 aromatic rings. The zero-order valence-corrected chi connectivity index (χ0v) is 40.4. The normalized spacial score (nSPS) is 21.7. The number of amides is 1. The summed E-state index contributed by atoms with van der Waals surface area (Å²) < 4.78 is 33.2. The molecule has 3 aliphatic rings. The first-order valence-corrected chi connectivity index (χ1v) is 25.1. The summed E-state index contributed by atoms with van der Waals surface area (Å²) in [7, 11) is 0. The molecule has 0 aromatic heterocycles. The van der Waals surface area contributed by atoms with E-state index in [1.54, 1.807) is 11.0 Å². The number of rotatable bonds is 25. The summed E-state index contributed by atoms with van der Waals surface area (Å²) >= 11 is 0. The van der Waals surface area contributed by atoms with E-state index >= 15 is 0 Å². The Balaban J connectivity index is 1.22. The van der Waals surface area contributed by atoms with Crippen LogP contribution in [0.25, 0.3) is 11.1 Å². The standard InChI is InChI=1S/C59H68N2O9/c1-3-32-61(58(64)66-37-36-65-41-43-18-8-5-9-19-43)55-40-53(60-68-42-44-20-10-6-11-21-44)51-38-47(24-14-16-33-62)50(25-15-17-34-63)56-52-39-49(30-31-54(52)70-59(55,57(51)56)67-35-4-2)69-48-28-26-46(27-29-48)45-22-12-7-13-23-45/h4-13,18-23,26-31,38-39,47,50,55-57,62-63H,2-3,14-17,24-25,32-37,40-42H2,1H3/t47-,50+,55-,56+,57+,59+/m0/s1. The van der Waals surface area contributed by atoms with Crippen LogP contribution < -0.4 is 9.47 Å². The fourth-order valence-electron chi connectivity index (χ4n) is 10.6. The maximum atomic E-state index is 14.7. The lowest BCUT2D eigenvalue weighted by atomic mass is 9.55. The Kier molecular flexibility index (Phi) is 17.9. The number of aliphatic hydroxyl groups excluding tert-OH is 2. The summed E-state index contributed by atoms with van der Waals surface area (Å²) in [5, 5.41) is 25.1. The smallest absolute Gasteiger partial charge is 0.410 e. The molecule has 1 saturated carbocycles. The van der Waals surface area contributed by atoms with Crippen molar-refractivity contribution in [2.75, 3.05) is 39.6 Å². The fourth-order valence-corrected chi connectivity index (χ4v) is 10.6. The first kappa shape index (κ1) is 50.2. The number of nitrogens with zero attached hydrogens (tertiary/aromatic N) is 2. The Morgan fingerprint density at radius 3 is 2.14 bits per heavy atom. The molecule has 2 aliphatic carbocycles. The van der Waals surface area contributed by atoms with E-state index < -0.39 is 23.8 Å². The van der Waals surface area contributed by atoms with Gasteiger partial charge in [0.2, 0.25) is 5.79 Å². The van der Waals surface area contributed by atoms with Crippen LogP contribution in [0.15, 0.2) is 163 Å². The highest BCUT2D eigenvalue weighted by atomic mass is 16.7. The van der Waals surface area contributed by atoms with E-state index in [0.29, 0.717) is 55.4 Å². The van der Waals surface area contributed by atoms with E-state index in [1.165, 1.54) is 0 Å². The van der Waals surface area contributed by atoms with Crippen LogP contribution in [0, 0.1) is 17.8 Å². The number of ether oxygens (including phenoxy) is 5. The predicted molar refractivity (Wildman–Crippen MR) is 273 cm³/mol. The molecule has 368 valence electrons. The monoisotopic (exact) mass is 948 g/mol. The van der Waals surface area contributed by atoms with Gasteiger partial charge in [0, 0.05) is 37.7 Å². The zero-order valence-electron chi connectivity index (χ0n) is 40.4. The van der Waals surface area contributed by atoms with E-state index in [0.717, 1.165) is 59.1 Å². The molecule has 0 bridgehead atoms. The van der Waals surface area contributed by atoms with Gasteiger partial charge < -0.3 is 38.7 Å². The largest absolute Gasteiger partial charge is 0.459 e. The van der Waals surface area contributed by atoms with Gasteiger partial charge in [0.05, 0.1) is 31.5 Å². The maximum Gasteiger partial charge on any atom is 0.410 e. The molecule has 1 fully saturated rings. The van der Waals surface area contributed by atoms with Crippen LogP contribution in [-0.2, 0) is 32.3 Å². The average molecular weight is 949 g/mol. The van der Waals surface area contributed by atoms with Crippen LogP contribution in [0.1, 0.15) is 80.9 Å². The van der Waals surface area contributed by atoms with Crippen molar-refractivity contribution in [2.24, 2.45) is 22.9 Å². The lowest BCUT2D eigenvalue weighted by Gasteiger charge is -2.59. The summed E-state index contributed by atoms with van der Waals surface area (Å²) in [5.74, 6) is 0.00722. The van der Waals surface area contributed by atoms with Gasteiger partial charge in [0.1, 0.15) is 36.5 Å². The fraction of sp³-hybridized carbons (Fsp3) is 0.390. The minimum atomic E-state index is -1.42. The number of carbonyl (C=O) groups is 1. The van der Waals surface area contributed by atoms with Crippen molar-refractivity contribution in [2.45, 2.75) is 89.3 Å². The number of carbonyl (C=O) groups excluding carboxylic acids is 1. The molecule has 8 rings (SSSR count). The van der Waals surface area contributed by atoms with Crippen molar-refractivity contribution in [3.05, 3.63) is 174 Å². The number of unbranched alkanes of at least 4 members (excludes halogenated alkanes) is 2. The van der Waals surface area contributed by atoms with E-state index in [2.05, 4.69) is 43.0 Å². The number of hydrogen-bond donors (Lipinski definition) is 2. The van der Waals surface area contributed by atoms with Crippen LogP contribution in [0.3, 0.4) is 0 Å². The third-order valence-electron chi connectivity index (χ3n) is 13.7. The van der Waals surface area contributed by atoms with Gasteiger partial charge in [-0.15, -0.1) is 6.58 Å². The first-order valence-electron chi connectivity index (χ1n) is 25.1. The van der Waals surface area contributed by atoms with Crippen LogP contribution in [0.4, 0.5) is 4.79 Å². The molecule has 1 aliphatic heterocycles. The Morgan fingerprint density at radius 1 is 0.800 bits per heavy atom. The molecule has 0 radical (unpaired) electrons. The van der Waals surface area contributed by atoms with Crippen molar-refractivity contribution < 1.29 is 43.5 Å². The van der Waals surface area contributed by atoms with Gasteiger partial charge >= 0.3 is 6.09 Å². The molecule has 11 heteroatoms. The van der Waals surface area contributed by atoms with Gasteiger partial charge in [-0.1, -0.05) is 140 Å². The van der Waals surface area contributed by atoms with Crippen LogP contribution in [0.2, 0.25) is 0 Å². The van der Waals surface area contributed by atoms with Crippen molar-refractivity contribution >= 4 is 11.8 Å². The summed E-state index contributed by atoms with van der Waals surface area (Å²) in [6, 6.07) is 43.5. The highest BCUT2D eigenvalue weighted by molar-refractivity contribution is 6.03. The SMILES string of the molecule is C=CCO[C@@]12Oc3ccc(Oc4ccc(-c5ccccc5)cc4)cc3[C@H]3[C@H](CCCCO)[C@@H](CCCCO)C=C(C(=NOCc4ccccc4)C[C@@H]1N(CCC)C(=O)OCCOCc1ccccc1)[C@H]32. The Morgan fingerprint density at radius 2 is 1.46 bits per heavy atom. The summed E-state index contributed by atoms with van der Waals surface area (Å²) in [4.78, 5) is 22.7. The summed E-state index contributed by atoms with van der Waals surface area (Å²) in [5.41, 5.74) is 6.88. The van der Waals surface area contributed by atoms with Crippen LogP contribution in [-0.4, -0.2) is 78.3 Å². The van der Waals surface area contributed by atoms with Crippen molar-refractivity contribution in [3.63, 3.8) is 0 Å². The molecule has 1 amide bonds. The van der Waals surface area contributed by atoms with Gasteiger partial charge in [-0.05, 0) is 102 Å². The van der Waals surface area contributed by atoms with Crippen LogP contribution >= 0.6 is 0 Å². The molecule has 1 heterocycles. The molecule has 5 aromatic carbocycles. The maximum absolute atomic E-state index is 14.7. The lowest BCUT2D eigenvalue weighted by Crippen LogP contribution is -2.70. The Bertz CT molecular complexity index is 2480. The minimum Gasteiger partial charge on any atom is -0.459 e. The number of hydrogen-bond acceptors (Lipinski definition) is 10. The first-order chi connectivity index (χ1) is 34.5. The van der Waals surface area contributed by atoms with Crippen molar-refractivity contribution in [3.8, 4) is 28.4 Å². The third kappa shape index (κ3) is 12.0. The molecule has 0 unspecified atom stereocenters. The van der Waals surface area contributed by atoms with Crippen LogP contribution in [0.5, 0.6) is 17.2 Å². The van der Waals surface area contributed by atoms with E-state index in [-0.39, 0.29) is 63.8 Å². The summed E-state index contributed by atoms with van der Waals surface area (Å²) in [6.45, 7) is 7.76. The number of benzene rings is 5. The third-order valence-corrected chi connectivity index (χ3v) is 13.7. The predicted octanol–water partition coefficient (Wildman–Crippen LogP) is 12.0. The van der Waals surface area contributed by atoms with Gasteiger partial charge in [0.25, 0.3) is 0 Å². The van der Waals surface area contributed by atoms with E-state index in [1.807, 2.05) is 110 Å². The quantitative estimate of drug-likeness (QED) is 0.0334. The molecular weight excluding hydrogens is 881 g/mol. The molecule has 0 saturated heterocycles. The van der Waals surface area contributed by atoms with E-state index in [4.69, 9.17) is 33.7 Å². The van der Waals surface area contributed by atoms with Gasteiger partial charge in [-0.3, -0.25) is 4.90 Å². The second-order valence-electron chi connectivity index (χ2n) is 18.4. The second kappa shape index (κ2) is 25.0. The molecule has 11 nitrogen and oxygen atoms in total. The summed E-state index contributed by atoms with van der Waals surface area (Å²) in [6.07, 6.45) is 9.08. The highest BCUT2D eigenvalue weighted by Crippen LogP contribution is 2.62. The van der Waals surface area contributed by atoms with E-state index in [9.17, 15) is 15.0 Å². The number of oxime groups is 1. The van der Waals surface area contributed by atoms with Gasteiger partial charge in [0.15, 0.2) is 0 Å². The number of fused-ring (bicyclic) bond motifs is 2.